The Balaban J connectivity index is 1.93. The molecule has 2 fully saturated rings. The Labute approximate surface area is 121 Å². The molecule has 0 aromatic heterocycles. The standard InChI is InChI=1S/C15H27NO4/c1-11(2)16-7-5-6-12(9-16)15(3)19-10-13(20-15)8-14(17)18-4/h11-13H,5-10H2,1-4H3. The van der Waals surface area contributed by atoms with Crippen molar-refractivity contribution in [2.45, 2.75) is 58.0 Å². The Morgan fingerprint density at radius 1 is 1.50 bits per heavy atom. The van der Waals surface area contributed by atoms with E-state index in [4.69, 9.17) is 14.2 Å². The number of hydrogen-bond donors (Lipinski definition) is 0. The number of likely N-dealkylation sites (tertiary alicyclic amines) is 1. The first-order valence-corrected chi connectivity index (χ1v) is 7.57. The lowest BCUT2D eigenvalue weighted by atomic mass is 9.90. The third-order valence-electron chi connectivity index (χ3n) is 4.50. The number of methoxy groups -OCH3 is 1. The summed E-state index contributed by atoms with van der Waals surface area (Å²) in [5.74, 6) is -0.441. The Kier molecular flexibility index (Phi) is 5.04. The van der Waals surface area contributed by atoms with E-state index in [0.717, 1.165) is 19.5 Å². The second-order valence-corrected chi connectivity index (χ2v) is 6.27. The number of ether oxygens (including phenoxy) is 3. The van der Waals surface area contributed by atoms with Gasteiger partial charge in [-0.15, -0.1) is 0 Å². The first-order chi connectivity index (χ1) is 9.44. The molecule has 5 nitrogen and oxygen atoms in total. The molecule has 0 N–H and O–H groups in total. The first kappa shape index (κ1) is 15.7. The highest BCUT2D eigenvalue weighted by molar-refractivity contribution is 5.69. The fourth-order valence-corrected chi connectivity index (χ4v) is 3.14. The largest absolute Gasteiger partial charge is 0.469 e. The molecule has 0 radical (unpaired) electrons. The molecule has 0 saturated carbocycles. The van der Waals surface area contributed by atoms with Crippen LogP contribution in [0.2, 0.25) is 0 Å². The minimum Gasteiger partial charge on any atom is -0.469 e. The van der Waals surface area contributed by atoms with Gasteiger partial charge in [-0.05, 0) is 40.2 Å². The van der Waals surface area contributed by atoms with E-state index < -0.39 is 5.79 Å². The van der Waals surface area contributed by atoms with Crippen LogP contribution in [0.15, 0.2) is 0 Å². The van der Waals surface area contributed by atoms with Gasteiger partial charge in [-0.1, -0.05) is 0 Å². The topological polar surface area (TPSA) is 48.0 Å². The fourth-order valence-electron chi connectivity index (χ4n) is 3.14. The lowest BCUT2D eigenvalue weighted by Gasteiger charge is -2.41. The number of rotatable bonds is 4. The van der Waals surface area contributed by atoms with Crippen LogP contribution in [-0.4, -0.2) is 55.6 Å². The van der Waals surface area contributed by atoms with Crippen molar-refractivity contribution < 1.29 is 19.0 Å². The van der Waals surface area contributed by atoms with E-state index in [-0.39, 0.29) is 18.5 Å². The third kappa shape index (κ3) is 3.51. The zero-order valence-electron chi connectivity index (χ0n) is 13.1. The minimum atomic E-state index is -0.563. The van der Waals surface area contributed by atoms with Crippen molar-refractivity contribution in [1.82, 2.24) is 4.90 Å². The van der Waals surface area contributed by atoms with E-state index >= 15 is 0 Å². The van der Waals surface area contributed by atoms with Gasteiger partial charge in [0, 0.05) is 18.5 Å². The van der Waals surface area contributed by atoms with Gasteiger partial charge in [0.05, 0.1) is 26.2 Å². The second kappa shape index (κ2) is 6.41. The molecule has 2 saturated heterocycles. The van der Waals surface area contributed by atoms with Gasteiger partial charge < -0.3 is 19.1 Å². The molecule has 2 rings (SSSR count). The second-order valence-electron chi connectivity index (χ2n) is 6.27. The van der Waals surface area contributed by atoms with Crippen LogP contribution >= 0.6 is 0 Å². The summed E-state index contributed by atoms with van der Waals surface area (Å²) in [7, 11) is 1.40. The number of carbonyl (C=O) groups excluding carboxylic acids is 1. The molecular weight excluding hydrogens is 258 g/mol. The highest BCUT2D eigenvalue weighted by atomic mass is 16.7. The molecule has 2 aliphatic rings. The predicted octanol–water partition coefficient (Wildman–Crippen LogP) is 1.80. The third-order valence-corrected chi connectivity index (χ3v) is 4.50. The fraction of sp³-hybridized carbons (Fsp3) is 0.933. The summed E-state index contributed by atoms with van der Waals surface area (Å²) in [5, 5.41) is 0. The van der Waals surface area contributed by atoms with Crippen molar-refractivity contribution in [3.05, 3.63) is 0 Å². The highest BCUT2D eigenvalue weighted by Gasteiger charge is 2.45. The van der Waals surface area contributed by atoms with Gasteiger partial charge >= 0.3 is 5.97 Å². The Hall–Kier alpha value is -0.650. The normalized spacial score (nSPS) is 35.5. The number of nitrogens with zero attached hydrogens (tertiary/aromatic N) is 1. The number of carbonyl (C=O) groups is 1. The van der Waals surface area contributed by atoms with Gasteiger partial charge in [-0.2, -0.15) is 0 Å². The van der Waals surface area contributed by atoms with Crippen molar-refractivity contribution in [3.8, 4) is 0 Å². The van der Waals surface area contributed by atoms with Gasteiger partial charge in [0.25, 0.3) is 0 Å². The molecule has 20 heavy (non-hydrogen) atoms. The SMILES string of the molecule is COC(=O)CC1COC(C)(C2CCCN(C(C)C)C2)O1. The molecule has 0 aliphatic carbocycles. The molecule has 3 unspecified atom stereocenters. The van der Waals surface area contributed by atoms with E-state index in [1.807, 2.05) is 6.92 Å². The molecular formula is C15H27NO4. The van der Waals surface area contributed by atoms with Crippen LogP contribution in [0.4, 0.5) is 0 Å². The van der Waals surface area contributed by atoms with Gasteiger partial charge in [-0.25, -0.2) is 0 Å². The van der Waals surface area contributed by atoms with Gasteiger partial charge in [0.1, 0.15) is 0 Å². The zero-order chi connectivity index (χ0) is 14.8. The van der Waals surface area contributed by atoms with E-state index in [9.17, 15) is 4.79 Å². The molecule has 0 amide bonds. The van der Waals surface area contributed by atoms with Crippen LogP contribution < -0.4 is 0 Å². The van der Waals surface area contributed by atoms with Crippen LogP contribution in [0.5, 0.6) is 0 Å². The molecule has 0 bridgehead atoms. The summed E-state index contributed by atoms with van der Waals surface area (Å²) in [6.45, 7) is 9.08. The van der Waals surface area contributed by atoms with Gasteiger partial charge in [0.2, 0.25) is 0 Å². The van der Waals surface area contributed by atoms with Crippen molar-refractivity contribution >= 4 is 5.97 Å². The van der Waals surface area contributed by atoms with Crippen LogP contribution in [0, 0.1) is 5.92 Å². The summed E-state index contributed by atoms with van der Waals surface area (Å²) in [6.07, 6.45) is 2.38. The summed E-state index contributed by atoms with van der Waals surface area (Å²) in [6, 6.07) is 0.550. The molecule has 0 aromatic carbocycles. The number of esters is 1. The minimum absolute atomic E-state index is 0.179. The van der Waals surface area contributed by atoms with Crippen molar-refractivity contribution in [1.29, 1.82) is 0 Å². The maximum absolute atomic E-state index is 11.3. The molecule has 0 aromatic rings. The monoisotopic (exact) mass is 285 g/mol. The van der Waals surface area contributed by atoms with Crippen molar-refractivity contribution in [3.63, 3.8) is 0 Å². The average molecular weight is 285 g/mol. The molecule has 116 valence electrons. The maximum atomic E-state index is 11.3. The van der Waals surface area contributed by atoms with Crippen LogP contribution in [0.1, 0.15) is 40.0 Å². The molecule has 5 heteroatoms. The quantitative estimate of drug-likeness (QED) is 0.737. The van der Waals surface area contributed by atoms with Gasteiger partial charge in [0.15, 0.2) is 5.79 Å². The predicted molar refractivity (Wildman–Crippen MR) is 75.3 cm³/mol. The van der Waals surface area contributed by atoms with Crippen molar-refractivity contribution in [2.24, 2.45) is 5.92 Å². The van der Waals surface area contributed by atoms with Gasteiger partial charge in [-0.3, -0.25) is 4.79 Å². The summed E-state index contributed by atoms with van der Waals surface area (Å²) in [5.41, 5.74) is 0. The van der Waals surface area contributed by atoms with E-state index in [0.29, 0.717) is 18.6 Å². The van der Waals surface area contributed by atoms with Crippen molar-refractivity contribution in [2.75, 3.05) is 26.8 Å². The lowest BCUT2D eigenvalue weighted by Crippen LogP contribution is -2.49. The molecule has 2 heterocycles. The first-order valence-electron chi connectivity index (χ1n) is 7.57. The van der Waals surface area contributed by atoms with E-state index in [1.165, 1.54) is 13.5 Å². The molecule has 0 spiro atoms. The summed E-state index contributed by atoms with van der Waals surface area (Å²) < 4.78 is 16.6. The Bertz CT molecular complexity index is 347. The summed E-state index contributed by atoms with van der Waals surface area (Å²) in [4.78, 5) is 13.8. The smallest absolute Gasteiger partial charge is 0.308 e. The number of hydrogen-bond acceptors (Lipinski definition) is 5. The van der Waals surface area contributed by atoms with Crippen LogP contribution in [0.3, 0.4) is 0 Å². The van der Waals surface area contributed by atoms with Crippen LogP contribution in [-0.2, 0) is 19.0 Å². The Morgan fingerprint density at radius 3 is 2.90 bits per heavy atom. The zero-order valence-corrected chi connectivity index (χ0v) is 13.1. The average Bonchev–Trinajstić information content (AvgIpc) is 2.81. The Morgan fingerprint density at radius 2 is 2.25 bits per heavy atom. The lowest BCUT2D eigenvalue weighted by molar-refractivity contribution is -0.203. The van der Waals surface area contributed by atoms with E-state index in [2.05, 4.69) is 18.7 Å². The van der Waals surface area contributed by atoms with E-state index in [1.54, 1.807) is 0 Å². The molecule has 2 aliphatic heterocycles. The summed E-state index contributed by atoms with van der Waals surface area (Å²) >= 11 is 0. The number of piperidine rings is 1. The maximum Gasteiger partial charge on any atom is 0.308 e. The molecule has 3 atom stereocenters. The highest BCUT2D eigenvalue weighted by Crippen LogP contribution is 2.37. The van der Waals surface area contributed by atoms with Crippen LogP contribution in [0.25, 0.3) is 0 Å².